The molecule has 116 valence electrons. The van der Waals surface area contributed by atoms with Crippen LogP contribution in [0.3, 0.4) is 0 Å². The minimum absolute atomic E-state index is 0.158. The Labute approximate surface area is 121 Å². The van der Waals surface area contributed by atoms with Gasteiger partial charge in [-0.3, -0.25) is 0 Å². The van der Waals surface area contributed by atoms with E-state index < -0.39 is 5.60 Å². The van der Waals surface area contributed by atoms with E-state index in [0.717, 1.165) is 32.3 Å². The molecule has 0 unspecified atom stereocenters. The van der Waals surface area contributed by atoms with Crippen molar-refractivity contribution in [3.05, 3.63) is 0 Å². The average Bonchev–Trinajstić information content (AvgIpc) is 2.88. The van der Waals surface area contributed by atoms with Gasteiger partial charge in [0.25, 0.3) is 0 Å². The normalized spacial score (nSPS) is 23.1. The summed E-state index contributed by atoms with van der Waals surface area (Å²) in [5.74, 6) is 0. The molecule has 0 bridgehead atoms. The Morgan fingerprint density at radius 3 is 2.30 bits per heavy atom. The van der Waals surface area contributed by atoms with Gasteiger partial charge >= 0.3 is 6.03 Å². The van der Waals surface area contributed by atoms with E-state index >= 15 is 0 Å². The SMILES string of the molecule is COCCC1(CNC(=O)NCC2(O)CCC2)CCCC1. The van der Waals surface area contributed by atoms with Crippen LogP contribution in [0.25, 0.3) is 0 Å². The summed E-state index contributed by atoms with van der Waals surface area (Å²) in [7, 11) is 1.72. The first-order chi connectivity index (χ1) is 9.58. The second-order valence-corrected chi connectivity index (χ2v) is 6.56. The van der Waals surface area contributed by atoms with Gasteiger partial charge in [-0.05, 0) is 43.9 Å². The summed E-state index contributed by atoms with van der Waals surface area (Å²) < 4.78 is 5.19. The molecule has 0 saturated heterocycles. The topological polar surface area (TPSA) is 70.6 Å². The van der Waals surface area contributed by atoms with Crippen LogP contribution in [-0.2, 0) is 4.74 Å². The van der Waals surface area contributed by atoms with Gasteiger partial charge in [-0.15, -0.1) is 0 Å². The van der Waals surface area contributed by atoms with Crippen LogP contribution in [0.4, 0.5) is 4.79 Å². The molecule has 0 radical (unpaired) electrons. The highest BCUT2D eigenvalue weighted by Crippen LogP contribution is 2.40. The Morgan fingerprint density at radius 2 is 1.75 bits per heavy atom. The van der Waals surface area contributed by atoms with Crippen LogP contribution in [0.1, 0.15) is 51.4 Å². The number of urea groups is 1. The molecule has 20 heavy (non-hydrogen) atoms. The van der Waals surface area contributed by atoms with Gasteiger partial charge in [0.15, 0.2) is 0 Å². The second kappa shape index (κ2) is 6.76. The van der Waals surface area contributed by atoms with E-state index in [9.17, 15) is 9.90 Å². The van der Waals surface area contributed by atoms with Gasteiger partial charge in [0, 0.05) is 26.8 Å². The Bertz CT molecular complexity index is 323. The van der Waals surface area contributed by atoms with E-state index in [1.807, 2.05) is 0 Å². The zero-order valence-electron chi connectivity index (χ0n) is 12.5. The molecule has 2 rings (SSSR count). The second-order valence-electron chi connectivity index (χ2n) is 6.56. The minimum Gasteiger partial charge on any atom is -0.388 e. The molecule has 0 aliphatic heterocycles. The van der Waals surface area contributed by atoms with Gasteiger partial charge in [-0.25, -0.2) is 4.79 Å². The quantitative estimate of drug-likeness (QED) is 0.667. The van der Waals surface area contributed by atoms with Gasteiger partial charge < -0.3 is 20.5 Å². The average molecular weight is 284 g/mol. The number of nitrogens with one attached hydrogen (secondary N) is 2. The monoisotopic (exact) mass is 284 g/mol. The third kappa shape index (κ3) is 4.09. The van der Waals surface area contributed by atoms with Crippen LogP contribution < -0.4 is 10.6 Å². The first-order valence-corrected chi connectivity index (χ1v) is 7.81. The Hall–Kier alpha value is -0.810. The van der Waals surface area contributed by atoms with E-state index in [2.05, 4.69) is 10.6 Å². The largest absolute Gasteiger partial charge is 0.388 e. The van der Waals surface area contributed by atoms with Crippen LogP contribution in [0, 0.1) is 5.41 Å². The summed E-state index contributed by atoms with van der Waals surface area (Å²) in [5, 5.41) is 15.7. The summed E-state index contributed by atoms with van der Waals surface area (Å²) in [6, 6.07) is -0.158. The number of rotatable bonds is 7. The number of amides is 2. The summed E-state index contributed by atoms with van der Waals surface area (Å²) in [6.07, 6.45) is 8.48. The lowest BCUT2D eigenvalue weighted by Gasteiger charge is -2.36. The van der Waals surface area contributed by atoms with Crippen LogP contribution in [0.5, 0.6) is 0 Å². The highest BCUT2D eigenvalue weighted by molar-refractivity contribution is 5.73. The molecule has 2 fully saturated rings. The van der Waals surface area contributed by atoms with Gasteiger partial charge in [-0.2, -0.15) is 0 Å². The fourth-order valence-electron chi connectivity index (χ4n) is 3.30. The van der Waals surface area contributed by atoms with Gasteiger partial charge in [0.05, 0.1) is 5.60 Å². The number of methoxy groups -OCH3 is 1. The summed E-state index contributed by atoms with van der Waals surface area (Å²) in [4.78, 5) is 11.8. The van der Waals surface area contributed by atoms with Crippen molar-refractivity contribution >= 4 is 6.03 Å². The van der Waals surface area contributed by atoms with Crippen LogP contribution in [0.2, 0.25) is 0 Å². The van der Waals surface area contributed by atoms with E-state index in [4.69, 9.17) is 4.74 Å². The standard InChI is InChI=1S/C15H28N2O3/c1-20-10-9-14(5-2-3-6-14)11-16-13(18)17-12-15(19)7-4-8-15/h19H,2-12H2,1H3,(H2,16,17,18). The number of carbonyl (C=O) groups is 1. The molecular weight excluding hydrogens is 256 g/mol. The molecule has 0 aromatic heterocycles. The number of carbonyl (C=O) groups excluding carboxylic acids is 1. The maximum Gasteiger partial charge on any atom is 0.314 e. The van der Waals surface area contributed by atoms with Crippen LogP contribution >= 0.6 is 0 Å². The third-order valence-electron chi connectivity index (χ3n) is 4.99. The van der Waals surface area contributed by atoms with Gasteiger partial charge in [-0.1, -0.05) is 12.8 Å². The Morgan fingerprint density at radius 1 is 1.10 bits per heavy atom. The lowest BCUT2D eigenvalue weighted by Crippen LogP contribution is -2.51. The van der Waals surface area contributed by atoms with Crippen molar-refractivity contribution in [2.45, 2.75) is 57.0 Å². The molecule has 2 aliphatic rings. The lowest BCUT2D eigenvalue weighted by molar-refractivity contribution is -0.0290. The summed E-state index contributed by atoms with van der Waals surface area (Å²) in [5.41, 5.74) is -0.445. The third-order valence-corrected chi connectivity index (χ3v) is 4.99. The summed E-state index contributed by atoms with van der Waals surface area (Å²) in [6.45, 7) is 1.83. The molecule has 0 atom stereocenters. The molecule has 2 saturated carbocycles. The molecule has 5 nitrogen and oxygen atoms in total. The van der Waals surface area contributed by atoms with E-state index in [-0.39, 0.29) is 11.4 Å². The highest BCUT2D eigenvalue weighted by atomic mass is 16.5. The smallest absolute Gasteiger partial charge is 0.314 e. The predicted molar refractivity (Wildman–Crippen MR) is 77.6 cm³/mol. The predicted octanol–water partition coefficient (Wildman–Crippen LogP) is 1.80. The molecule has 0 aromatic carbocycles. The van der Waals surface area contributed by atoms with E-state index in [1.54, 1.807) is 7.11 Å². The number of aliphatic hydroxyl groups is 1. The minimum atomic E-state index is -0.654. The number of hydrogen-bond acceptors (Lipinski definition) is 3. The van der Waals surface area contributed by atoms with Crippen molar-refractivity contribution < 1.29 is 14.6 Å². The first kappa shape index (κ1) is 15.6. The summed E-state index contributed by atoms with van der Waals surface area (Å²) >= 11 is 0. The lowest BCUT2D eigenvalue weighted by atomic mass is 9.80. The maximum atomic E-state index is 11.8. The highest BCUT2D eigenvalue weighted by Gasteiger charge is 2.36. The zero-order chi connectivity index (χ0) is 14.5. The fourth-order valence-corrected chi connectivity index (χ4v) is 3.30. The van der Waals surface area contributed by atoms with E-state index in [0.29, 0.717) is 13.1 Å². The van der Waals surface area contributed by atoms with Crippen LogP contribution in [-0.4, -0.2) is 43.5 Å². The van der Waals surface area contributed by atoms with Crippen molar-refractivity contribution in [2.24, 2.45) is 5.41 Å². The zero-order valence-corrected chi connectivity index (χ0v) is 12.5. The fraction of sp³-hybridized carbons (Fsp3) is 0.933. The first-order valence-electron chi connectivity index (χ1n) is 7.81. The molecule has 0 spiro atoms. The van der Waals surface area contributed by atoms with Gasteiger partial charge in [0.2, 0.25) is 0 Å². The van der Waals surface area contributed by atoms with Crippen molar-refractivity contribution in [3.63, 3.8) is 0 Å². The van der Waals surface area contributed by atoms with Crippen molar-refractivity contribution in [1.82, 2.24) is 10.6 Å². The molecular formula is C15H28N2O3. The number of ether oxygens (including phenoxy) is 1. The van der Waals surface area contributed by atoms with Gasteiger partial charge in [0.1, 0.15) is 0 Å². The van der Waals surface area contributed by atoms with Crippen molar-refractivity contribution in [3.8, 4) is 0 Å². The molecule has 2 amide bonds. The van der Waals surface area contributed by atoms with E-state index in [1.165, 1.54) is 25.7 Å². The Balaban J connectivity index is 1.70. The molecule has 0 heterocycles. The van der Waals surface area contributed by atoms with Crippen molar-refractivity contribution in [1.29, 1.82) is 0 Å². The maximum absolute atomic E-state index is 11.8. The molecule has 2 aliphatic carbocycles. The Kier molecular flexibility index (Phi) is 5.27. The molecule has 5 heteroatoms. The van der Waals surface area contributed by atoms with Crippen molar-refractivity contribution in [2.75, 3.05) is 26.8 Å². The molecule has 0 aromatic rings. The molecule has 3 N–H and O–H groups in total. The van der Waals surface area contributed by atoms with Crippen LogP contribution in [0.15, 0.2) is 0 Å². The number of hydrogen-bond donors (Lipinski definition) is 3.